The zero-order chi connectivity index (χ0) is 7.03. The van der Waals surface area contributed by atoms with Gasteiger partial charge in [-0.2, -0.15) is 0 Å². The largest absolute Gasteiger partial charge is 0.369 e. The van der Waals surface area contributed by atoms with Gasteiger partial charge in [0.15, 0.2) is 0 Å². The molecule has 1 saturated heterocycles. The maximum atomic E-state index is 5.54. The Kier molecular flexibility index (Phi) is 1.48. The first-order valence-corrected chi connectivity index (χ1v) is 4.51. The number of ether oxygens (including phenoxy) is 1. The molecule has 1 nitrogen and oxygen atoms in total. The van der Waals surface area contributed by atoms with Crippen LogP contribution in [-0.2, 0) is 4.74 Å². The molecule has 0 aromatic heterocycles. The van der Waals surface area contributed by atoms with Crippen LogP contribution < -0.4 is 0 Å². The van der Waals surface area contributed by atoms with Crippen molar-refractivity contribution in [1.82, 2.24) is 0 Å². The fourth-order valence-electron chi connectivity index (χ4n) is 2.33. The van der Waals surface area contributed by atoms with Crippen LogP contribution in [0.3, 0.4) is 0 Å². The van der Waals surface area contributed by atoms with Crippen LogP contribution >= 0.6 is 0 Å². The van der Waals surface area contributed by atoms with E-state index < -0.39 is 0 Å². The molecular weight excluding hydrogens is 124 g/mol. The van der Waals surface area contributed by atoms with Crippen molar-refractivity contribution >= 4 is 0 Å². The minimum absolute atomic E-state index is 0.396. The van der Waals surface area contributed by atoms with Gasteiger partial charge in [0.05, 0.1) is 12.2 Å². The number of hydrogen-bond donors (Lipinski definition) is 0. The normalized spacial score (nSPS) is 45.9. The summed E-state index contributed by atoms with van der Waals surface area (Å²) < 4.78 is 5.54. The van der Waals surface area contributed by atoms with Gasteiger partial charge in [-0.25, -0.2) is 0 Å². The summed E-state index contributed by atoms with van der Waals surface area (Å²) in [6.07, 6.45) is 6.90. The maximum Gasteiger partial charge on any atom is 0.0944 e. The van der Waals surface area contributed by atoms with Crippen molar-refractivity contribution in [2.75, 3.05) is 6.61 Å². The Bertz CT molecular complexity index is 127. The van der Waals surface area contributed by atoms with Gasteiger partial charge in [0.2, 0.25) is 0 Å². The highest BCUT2D eigenvalue weighted by molar-refractivity contribution is 4.99. The molecule has 2 aliphatic rings. The Morgan fingerprint density at radius 3 is 2.80 bits per heavy atom. The average molecular weight is 140 g/mol. The summed E-state index contributed by atoms with van der Waals surface area (Å²) in [6.45, 7) is 3.35. The smallest absolute Gasteiger partial charge is 0.0944 e. The molecule has 2 unspecified atom stereocenters. The summed E-state index contributed by atoms with van der Waals surface area (Å²) in [5.74, 6) is 0.890. The lowest BCUT2D eigenvalue weighted by Gasteiger charge is -2.27. The molecule has 10 heavy (non-hydrogen) atoms. The van der Waals surface area contributed by atoms with Crippen LogP contribution in [0.15, 0.2) is 0 Å². The third kappa shape index (κ3) is 0.878. The molecule has 0 N–H and O–H groups in total. The van der Waals surface area contributed by atoms with Crippen molar-refractivity contribution in [3.05, 3.63) is 0 Å². The summed E-state index contributed by atoms with van der Waals surface area (Å²) in [6, 6.07) is 0. The highest BCUT2D eigenvalue weighted by Crippen LogP contribution is 2.47. The van der Waals surface area contributed by atoms with Crippen molar-refractivity contribution in [2.45, 2.75) is 44.6 Å². The van der Waals surface area contributed by atoms with Gasteiger partial charge in [0.1, 0.15) is 0 Å². The van der Waals surface area contributed by atoms with E-state index in [1.807, 2.05) is 0 Å². The third-order valence-corrected chi connectivity index (χ3v) is 3.15. The van der Waals surface area contributed by atoms with E-state index in [0.717, 1.165) is 12.5 Å². The SMILES string of the molecule is CCC1CCCCC12CO2. The Balaban J connectivity index is 2.01. The minimum Gasteiger partial charge on any atom is -0.369 e. The van der Waals surface area contributed by atoms with Gasteiger partial charge in [-0.15, -0.1) is 0 Å². The van der Waals surface area contributed by atoms with Crippen LogP contribution in [0.4, 0.5) is 0 Å². The first-order valence-electron chi connectivity index (χ1n) is 4.51. The van der Waals surface area contributed by atoms with Gasteiger partial charge in [-0.1, -0.05) is 26.2 Å². The Labute approximate surface area is 62.8 Å². The van der Waals surface area contributed by atoms with Gasteiger partial charge in [-0.05, 0) is 18.8 Å². The van der Waals surface area contributed by atoms with Gasteiger partial charge in [-0.3, -0.25) is 0 Å². The van der Waals surface area contributed by atoms with Crippen LogP contribution in [0.25, 0.3) is 0 Å². The quantitative estimate of drug-likeness (QED) is 0.509. The lowest BCUT2D eigenvalue weighted by Crippen LogP contribution is -2.27. The van der Waals surface area contributed by atoms with E-state index in [0.29, 0.717) is 5.60 Å². The molecule has 2 atom stereocenters. The van der Waals surface area contributed by atoms with Crippen LogP contribution in [0.2, 0.25) is 0 Å². The first kappa shape index (κ1) is 6.66. The molecule has 1 aliphatic carbocycles. The van der Waals surface area contributed by atoms with Crippen molar-refractivity contribution in [1.29, 1.82) is 0 Å². The average Bonchev–Trinajstić information content (AvgIpc) is 2.71. The zero-order valence-electron chi connectivity index (χ0n) is 6.73. The molecular formula is C9H16O. The predicted octanol–water partition coefficient (Wildman–Crippen LogP) is 2.36. The van der Waals surface area contributed by atoms with Crippen LogP contribution in [0, 0.1) is 5.92 Å². The summed E-state index contributed by atoms with van der Waals surface area (Å²) in [7, 11) is 0. The second-order valence-corrected chi connectivity index (χ2v) is 3.70. The standard InChI is InChI=1S/C9H16O/c1-2-8-5-3-4-6-9(8)7-10-9/h8H,2-7H2,1H3. The summed E-state index contributed by atoms with van der Waals surface area (Å²) in [5, 5.41) is 0. The molecule has 2 rings (SSSR count). The van der Waals surface area contributed by atoms with E-state index in [9.17, 15) is 0 Å². The number of hydrogen-bond acceptors (Lipinski definition) is 1. The lowest BCUT2D eigenvalue weighted by atomic mass is 9.78. The van der Waals surface area contributed by atoms with Crippen molar-refractivity contribution in [3.63, 3.8) is 0 Å². The molecule has 0 aromatic rings. The van der Waals surface area contributed by atoms with E-state index in [2.05, 4.69) is 6.92 Å². The maximum absolute atomic E-state index is 5.54. The molecule has 58 valence electrons. The molecule has 0 bridgehead atoms. The van der Waals surface area contributed by atoms with Crippen molar-refractivity contribution < 1.29 is 4.74 Å². The lowest BCUT2D eigenvalue weighted by molar-refractivity contribution is 0.155. The topological polar surface area (TPSA) is 12.5 Å². The molecule has 1 saturated carbocycles. The summed E-state index contributed by atoms with van der Waals surface area (Å²) >= 11 is 0. The number of rotatable bonds is 1. The molecule has 0 radical (unpaired) electrons. The molecule has 0 aromatic carbocycles. The summed E-state index contributed by atoms with van der Waals surface area (Å²) in [5.41, 5.74) is 0.396. The third-order valence-electron chi connectivity index (χ3n) is 3.15. The second-order valence-electron chi connectivity index (χ2n) is 3.70. The molecule has 1 heterocycles. The molecule has 2 fully saturated rings. The fourth-order valence-corrected chi connectivity index (χ4v) is 2.33. The Morgan fingerprint density at radius 2 is 2.30 bits per heavy atom. The fraction of sp³-hybridized carbons (Fsp3) is 1.00. The van der Waals surface area contributed by atoms with E-state index >= 15 is 0 Å². The van der Waals surface area contributed by atoms with Gasteiger partial charge in [0, 0.05) is 0 Å². The predicted molar refractivity (Wildman–Crippen MR) is 40.9 cm³/mol. The van der Waals surface area contributed by atoms with Crippen LogP contribution in [0.5, 0.6) is 0 Å². The van der Waals surface area contributed by atoms with Crippen molar-refractivity contribution in [3.8, 4) is 0 Å². The van der Waals surface area contributed by atoms with E-state index in [-0.39, 0.29) is 0 Å². The van der Waals surface area contributed by atoms with Gasteiger partial charge < -0.3 is 4.74 Å². The van der Waals surface area contributed by atoms with Gasteiger partial charge in [0.25, 0.3) is 0 Å². The second kappa shape index (κ2) is 2.23. The van der Waals surface area contributed by atoms with Crippen LogP contribution in [0.1, 0.15) is 39.0 Å². The van der Waals surface area contributed by atoms with E-state index in [4.69, 9.17) is 4.74 Å². The molecule has 1 spiro atoms. The van der Waals surface area contributed by atoms with Gasteiger partial charge >= 0.3 is 0 Å². The highest BCUT2D eigenvalue weighted by atomic mass is 16.6. The highest BCUT2D eigenvalue weighted by Gasteiger charge is 2.51. The van der Waals surface area contributed by atoms with Crippen LogP contribution in [-0.4, -0.2) is 12.2 Å². The Hall–Kier alpha value is -0.0400. The Morgan fingerprint density at radius 1 is 1.50 bits per heavy atom. The molecule has 1 heteroatoms. The monoisotopic (exact) mass is 140 g/mol. The zero-order valence-corrected chi connectivity index (χ0v) is 6.73. The first-order chi connectivity index (χ1) is 4.87. The van der Waals surface area contributed by atoms with Crippen molar-refractivity contribution in [2.24, 2.45) is 5.92 Å². The summed E-state index contributed by atoms with van der Waals surface area (Å²) in [4.78, 5) is 0. The van der Waals surface area contributed by atoms with E-state index in [1.54, 1.807) is 0 Å². The molecule has 0 amide bonds. The number of epoxide rings is 1. The molecule has 1 aliphatic heterocycles. The minimum atomic E-state index is 0.396. The van der Waals surface area contributed by atoms with E-state index in [1.165, 1.54) is 32.1 Å².